The minimum absolute atomic E-state index is 0.519. The first-order valence-electron chi connectivity index (χ1n) is 7.18. The summed E-state index contributed by atoms with van der Waals surface area (Å²) >= 11 is 3.60. The third kappa shape index (κ3) is 3.59. The summed E-state index contributed by atoms with van der Waals surface area (Å²) < 4.78 is 0. The van der Waals surface area contributed by atoms with Gasteiger partial charge < -0.3 is 10.2 Å². The third-order valence-corrected chi connectivity index (χ3v) is 5.16. The van der Waals surface area contributed by atoms with E-state index in [4.69, 9.17) is 0 Å². The fourth-order valence-corrected chi connectivity index (χ4v) is 3.73. The lowest BCUT2D eigenvalue weighted by Gasteiger charge is -2.20. The first-order valence-corrected chi connectivity index (χ1v) is 8.94. The molecule has 1 fully saturated rings. The molecule has 0 saturated heterocycles. The Balaban J connectivity index is 1.68. The molecule has 0 aromatic carbocycles. The van der Waals surface area contributed by atoms with E-state index in [1.54, 1.807) is 11.3 Å². The van der Waals surface area contributed by atoms with Crippen LogP contribution in [0.2, 0.25) is 0 Å². The second-order valence-electron chi connectivity index (χ2n) is 5.64. The first-order chi connectivity index (χ1) is 9.72. The Morgan fingerprint density at radius 2 is 2.30 bits per heavy atom. The number of thiazole rings is 1. The van der Waals surface area contributed by atoms with Gasteiger partial charge in [-0.15, -0.1) is 11.3 Å². The Hall–Kier alpha value is -0.910. The summed E-state index contributed by atoms with van der Waals surface area (Å²) in [5, 5.41) is 9.03. The van der Waals surface area contributed by atoms with Gasteiger partial charge in [-0.2, -0.15) is 11.3 Å². The van der Waals surface area contributed by atoms with Gasteiger partial charge in [0.05, 0.1) is 0 Å². The highest BCUT2D eigenvalue weighted by Crippen LogP contribution is 2.35. The maximum Gasteiger partial charge on any atom is 0.186 e. The van der Waals surface area contributed by atoms with Crippen LogP contribution in [0.15, 0.2) is 23.0 Å². The number of nitrogens with one attached hydrogen (secondary N) is 1. The number of anilines is 1. The Morgan fingerprint density at radius 3 is 2.95 bits per heavy atom. The molecule has 108 valence electrons. The van der Waals surface area contributed by atoms with E-state index in [0.717, 1.165) is 13.1 Å². The third-order valence-electron chi connectivity index (χ3n) is 3.39. The molecule has 0 aliphatic heterocycles. The van der Waals surface area contributed by atoms with E-state index in [1.165, 1.54) is 28.4 Å². The molecule has 20 heavy (non-hydrogen) atoms. The Labute approximate surface area is 128 Å². The molecular formula is C15H21N3S2. The molecule has 3 nitrogen and oxygen atoms in total. The van der Waals surface area contributed by atoms with E-state index >= 15 is 0 Å². The van der Waals surface area contributed by atoms with E-state index in [1.807, 2.05) is 17.5 Å². The maximum atomic E-state index is 4.64. The molecule has 2 aromatic heterocycles. The molecule has 2 aromatic rings. The van der Waals surface area contributed by atoms with Crippen molar-refractivity contribution >= 4 is 27.8 Å². The lowest BCUT2D eigenvalue weighted by Crippen LogP contribution is -2.24. The van der Waals surface area contributed by atoms with Gasteiger partial charge >= 0.3 is 0 Å². The Kier molecular flexibility index (Phi) is 4.38. The lowest BCUT2D eigenvalue weighted by atomic mass is 10.3. The second-order valence-corrected chi connectivity index (χ2v) is 7.51. The monoisotopic (exact) mass is 307 g/mol. The van der Waals surface area contributed by atoms with Crippen LogP contribution in [0, 0.1) is 0 Å². The molecule has 3 rings (SSSR count). The van der Waals surface area contributed by atoms with Gasteiger partial charge in [0.25, 0.3) is 0 Å². The van der Waals surface area contributed by atoms with Crippen molar-refractivity contribution in [3.8, 4) is 0 Å². The van der Waals surface area contributed by atoms with Crippen LogP contribution in [0.4, 0.5) is 5.13 Å². The first kappa shape index (κ1) is 14.0. The summed E-state index contributed by atoms with van der Waals surface area (Å²) in [6.45, 7) is 6.27. The average Bonchev–Trinajstić information content (AvgIpc) is 2.95. The zero-order chi connectivity index (χ0) is 13.9. The summed E-state index contributed by atoms with van der Waals surface area (Å²) in [5.74, 6) is 0. The number of rotatable bonds is 7. The van der Waals surface area contributed by atoms with E-state index < -0.39 is 0 Å². The zero-order valence-corrected chi connectivity index (χ0v) is 13.6. The topological polar surface area (TPSA) is 28.2 Å². The normalized spacial score (nSPS) is 14.9. The highest BCUT2D eigenvalue weighted by Gasteiger charge is 2.31. The van der Waals surface area contributed by atoms with Crippen LogP contribution in [0.25, 0.3) is 0 Å². The minimum atomic E-state index is 0.519. The maximum absolute atomic E-state index is 4.64. The Morgan fingerprint density at radius 1 is 1.45 bits per heavy atom. The van der Waals surface area contributed by atoms with Crippen LogP contribution in [-0.4, -0.2) is 17.1 Å². The van der Waals surface area contributed by atoms with Gasteiger partial charge in [0, 0.05) is 36.2 Å². The van der Waals surface area contributed by atoms with Crippen LogP contribution in [0.1, 0.15) is 37.1 Å². The summed E-state index contributed by atoms with van der Waals surface area (Å²) in [7, 11) is 0. The van der Waals surface area contributed by atoms with Crippen molar-refractivity contribution in [3.63, 3.8) is 0 Å². The summed E-state index contributed by atoms with van der Waals surface area (Å²) in [4.78, 5) is 8.45. The molecule has 1 aliphatic rings. The number of hydrogen-bond acceptors (Lipinski definition) is 5. The van der Waals surface area contributed by atoms with E-state index in [0.29, 0.717) is 12.1 Å². The van der Waals surface area contributed by atoms with Crippen LogP contribution in [-0.2, 0) is 13.1 Å². The lowest BCUT2D eigenvalue weighted by molar-refractivity contribution is 0.593. The highest BCUT2D eigenvalue weighted by atomic mass is 32.1. The summed E-state index contributed by atoms with van der Waals surface area (Å²) in [5.41, 5.74) is 1.40. The predicted octanol–water partition coefficient (Wildman–Crippen LogP) is 3.87. The molecule has 1 N–H and O–H groups in total. The van der Waals surface area contributed by atoms with Gasteiger partial charge in [-0.25, -0.2) is 4.98 Å². The Bertz CT molecular complexity index is 529. The van der Waals surface area contributed by atoms with Crippen LogP contribution < -0.4 is 10.2 Å². The molecule has 2 heterocycles. The van der Waals surface area contributed by atoms with Gasteiger partial charge in [0.1, 0.15) is 0 Å². The zero-order valence-electron chi connectivity index (χ0n) is 12.0. The van der Waals surface area contributed by atoms with Gasteiger partial charge in [0.2, 0.25) is 0 Å². The van der Waals surface area contributed by atoms with Crippen molar-refractivity contribution in [1.29, 1.82) is 0 Å². The fraction of sp³-hybridized carbons (Fsp3) is 0.533. The van der Waals surface area contributed by atoms with Gasteiger partial charge in [0.15, 0.2) is 5.13 Å². The fourth-order valence-electron chi connectivity index (χ4n) is 2.13. The molecule has 0 atom stereocenters. The van der Waals surface area contributed by atoms with E-state index in [-0.39, 0.29) is 0 Å². The average molecular weight is 307 g/mol. The van der Waals surface area contributed by atoms with Crippen molar-refractivity contribution in [2.75, 3.05) is 4.90 Å². The van der Waals surface area contributed by atoms with Gasteiger partial charge in [-0.1, -0.05) is 13.8 Å². The van der Waals surface area contributed by atoms with Gasteiger partial charge in [-0.05, 0) is 35.2 Å². The SMILES string of the molecule is CC(C)NCc1cnc(N(Cc2ccsc2)C2CC2)s1. The summed E-state index contributed by atoms with van der Waals surface area (Å²) in [6, 6.07) is 3.44. The van der Waals surface area contributed by atoms with E-state index in [2.05, 4.69) is 45.9 Å². The predicted molar refractivity (Wildman–Crippen MR) is 87.6 cm³/mol. The van der Waals surface area contributed by atoms with Crippen molar-refractivity contribution in [1.82, 2.24) is 10.3 Å². The van der Waals surface area contributed by atoms with Crippen LogP contribution in [0.5, 0.6) is 0 Å². The number of thiophene rings is 1. The molecule has 1 aliphatic carbocycles. The molecule has 0 bridgehead atoms. The number of nitrogens with zero attached hydrogens (tertiary/aromatic N) is 2. The number of hydrogen-bond donors (Lipinski definition) is 1. The minimum Gasteiger partial charge on any atom is -0.341 e. The quantitative estimate of drug-likeness (QED) is 0.841. The highest BCUT2D eigenvalue weighted by molar-refractivity contribution is 7.15. The van der Waals surface area contributed by atoms with Crippen molar-refractivity contribution in [3.05, 3.63) is 33.5 Å². The summed E-state index contributed by atoms with van der Waals surface area (Å²) in [6.07, 6.45) is 4.64. The van der Waals surface area contributed by atoms with Crippen molar-refractivity contribution < 1.29 is 0 Å². The van der Waals surface area contributed by atoms with Crippen LogP contribution >= 0.6 is 22.7 Å². The smallest absolute Gasteiger partial charge is 0.186 e. The second kappa shape index (κ2) is 6.24. The molecular weight excluding hydrogens is 286 g/mol. The van der Waals surface area contributed by atoms with E-state index in [9.17, 15) is 0 Å². The molecule has 0 radical (unpaired) electrons. The van der Waals surface area contributed by atoms with Crippen molar-refractivity contribution in [2.24, 2.45) is 0 Å². The standard InChI is InChI=1S/C15H21N3S2/c1-11(2)16-7-14-8-17-15(20-14)18(13-3-4-13)9-12-5-6-19-10-12/h5-6,8,10-11,13,16H,3-4,7,9H2,1-2H3. The van der Waals surface area contributed by atoms with Gasteiger partial charge in [-0.3, -0.25) is 0 Å². The molecule has 0 spiro atoms. The molecule has 0 unspecified atom stereocenters. The molecule has 1 saturated carbocycles. The molecule has 0 amide bonds. The van der Waals surface area contributed by atoms with Crippen molar-refractivity contribution in [2.45, 2.75) is 51.9 Å². The number of aromatic nitrogens is 1. The largest absolute Gasteiger partial charge is 0.341 e. The van der Waals surface area contributed by atoms with Crippen LogP contribution in [0.3, 0.4) is 0 Å². The molecule has 5 heteroatoms.